The van der Waals surface area contributed by atoms with Gasteiger partial charge in [-0.2, -0.15) is 0 Å². The molecule has 208 valence electrons. The molecule has 0 bridgehead atoms. The van der Waals surface area contributed by atoms with Crippen molar-refractivity contribution in [2.45, 2.75) is 13.8 Å². The van der Waals surface area contributed by atoms with E-state index in [-0.39, 0.29) is 11.8 Å². The van der Waals surface area contributed by atoms with Crippen molar-refractivity contribution >= 4 is 46.4 Å². The van der Waals surface area contributed by atoms with Crippen LogP contribution in [0.3, 0.4) is 0 Å². The number of ether oxygens (including phenoxy) is 2. The molecule has 2 aromatic carbocycles. The maximum Gasteiger partial charge on any atom is 0.251 e. The molecular weight excluding hydrogens is 555 g/mol. The first-order valence-electron chi connectivity index (χ1n) is 12.1. The molecule has 2 heterocycles. The molecule has 0 atom stereocenters. The number of hydrogen-bond donors (Lipinski definition) is 4. The minimum Gasteiger partial charge on any atom is -0.454 e. The van der Waals surface area contributed by atoms with Gasteiger partial charge in [-0.15, -0.1) is 0 Å². The van der Waals surface area contributed by atoms with Crippen LogP contribution < -0.4 is 31.6 Å². The Balaban J connectivity index is 0.000000220. The minimum atomic E-state index is -0.171. The monoisotopic (exact) mass is 582 g/mol. The van der Waals surface area contributed by atoms with Crippen molar-refractivity contribution < 1.29 is 19.1 Å². The van der Waals surface area contributed by atoms with E-state index in [2.05, 4.69) is 20.6 Å². The molecule has 0 radical (unpaired) electrons. The maximum absolute atomic E-state index is 11.7. The van der Waals surface area contributed by atoms with Gasteiger partial charge >= 0.3 is 0 Å². The van der Waals surface area contributed by atoms with Gasteiger partial charge in [0, 0.05) is 48.7 Å². The second kappa shape index (κ2) is 14.6. The van der Waals surface area contributed by atoms with Crippen molar-refractivity contribution in [1.82, 2.24) is 20.6 Å². The molecule has 0 aliphatic rings. The van der Waals surface area contributed by atoms with Gasteiger partial charge in [0.25, 0.3) is 11.8 Å². The first kappa shape index (κ1) is 30.0. The molecule has 4 aromatic rings. The van der Waals surface area contributed by atoms with E-state index in [9.17, 15) is 9.59 Å². The smallest absolute Gasteiger partial charge is 0.251 e. The summed E-state index contributed by atoms with van der Waals surface area (Å²) in [7, 11) is 0. The van der Waals surface area contributed by atoms with Crippen molar-refractivity contribution in [2.75, 3.05) is 24.6 Å². The van der Waals surface area contributed by atoms with E-state index in [0.717, 1.165) is 0 Å². The zero-order chi connectivity index (χ0) is 29.1. The van der Waals surface area contributed by atoms with Crippen molar-refractivity contribution in [3.63, 3.8) is 0 Å². The highest BCUT2D eigenvalue weighted by Crippen LogP contribution is 2.30. The summed E-state index contributed by atoms with van der Waals surface area (Å²) in [6.07, 6.45) is 6.08. The fourth-order valence-corrected chi connectivity index (χ4v) is 3.57. The molecule has 0 saturated heterocycles. The van der Waals surface area contributed by atoms with Crippen LogP contribution in [-0.4, -0.2) is 34.9 Å². The predicted molar refractivity (Wildman–Crippen MR) is 156 cm³/mol. The topological polar surface area (TPSA) is 154 Å². The van der Waals surface area contributed by atoms with Crippen LogP contribution in [0.15, 0.2) is 73.3 Å². The van der Waals surface area contributed by atoms with E-state index in [1.807, 2.05) is 13.8 Å². The number of halogens is 2. The SMILES string of the molecule is CCNC(=O)c1ccc(Oc2cncc(Cl)c2)c(N)c1.CCNC(=O)c1ccc(Oc2cncc(Cl)c2)c(N)c1. The standard InChI is InChI=1S/2C14H14ClN3O2/c2*1-2-18-14(19)9-3-4-13(12(16)5-9)20-11-6-10(15)7-17-8-11/h2*3-8H,2,16H2,1H3,(H,18,19). The molecule has 0 spiro atoms. The molecule has 0 aliphatic heterocycles. The number of carbonyl (C=O) groups excluding carboxylic acids is 2. The number of amides is 2. The van der Waals surface area contributed by atoms with Crippen molar-refractivity contribution in [3.05, 3.63) is 94.5 Å². The number of benzene rings is 2. The van der Waals surface area contributed by atoms with E-state index >= 15 is 0 Å². The fraction of sp³-hybridized carbons (Fsp3) is 0.143. The molecule has 0 aliphatic carbocycles. The molecule has 0 saturated carbocycles. The second-order valence-electron chi connectivity index (χ2n) is 8.11. The van der Waals surface area contributed by atoms with Crippen molar-refractivity contribution in [1.29, 1.82) is 0 Å². The molecule has 40 heavy (non-hydrogen) atoms. The van der Waals surface area contributed by atoms with Crippen molar-refractivity contribution in [2.24, 2.45) is 0 Å². The van der Waals surface area contributed by atoms with Gasteiger partial charge in [0.15, 0.2) is 0 Å². The summed E-state index contributed by atoms with van der Waals surface area (Å²) in [5.74, 6) is 1.51. The van der Waals surface area contributed by atoms with Gasteiger partial charge in [-0.25, -0.2) is 0 Å². The van der Waals surface area contributed by atoms with Crippen LogP contribution in [0.25, 0.3) is 0 Å². The highest BCUT2D eigenvalue weighted by Gasteiger charge is 2.10. The summed E-state index contributed by atoms with van der Waals surface area (Å²) in [5.41, 5.74) is 13.5. The third kappa shape index (κ3) is 8.75. The van der Waals surface area contributed by atoms with E-state index < -0.39 is 0 Å². The lowest BCUT2D eigenvalue weighted by Crippen LogP contribution is -2.22. The Hall–Kier alpha value is -4.54. The number of anilines is 2. The molecule has 2 aromatic heterocycles. The quantitative estimate of drug-likeness (QED) is 0.192. The molecule has 10 nitrogen and oxygen atoms in total. The minimum absolute atomic E-state index is 0.171. The van der Waals surface area contributed by atoms with Crippen LogP contribution in [0.4, 0.5) is 11.4 Å². The molecular formula is C28H28Cl2N6O4. The lowest BCUT2D eigenvalue weighted by molar-refractivity contribution is 0.0947. The van der Waals surface area contributed by atoms with Crippen LogP contribution in [0.1, 0.15) is 34.6 Å². The van der Waals surface area contributed by atoms with Crippen LogP contribution in [0, 0.1) is 0 Å². The van der Waals surface area contributed by atoms with Gasteiger partial charge in [0.2, 0.25) is 0 Å². The summed E-state index contributed by atoms with van der Waals surface area (Å²) < 4.78 is 11.2. The van der Waals surface area contributed by atoms with Gasteiger partial charge < -0.3 is 31.6 Å². The lowest BCUT2D eigenvalue weighted by Gasteiger charge is -2.10. The van der Waals surface area contributed by atoms with Gasteiger partial charge in [-0.1, -0.05) is 23.2 Å². The van der Waals surface area contributed by atoms with Gasteiger partial charge in [0.1, 0.15) is 23.0 Å². The number of pyridine rings is 2. The summed E-state index contributed by atoms with van der Waals surface area (Å²) in [5, 5.41) is 6.35. The Labute approximate surface area is 241 Å². The molecule has 0 unspecified atom stereocenters. The number of nitrogens with two attached hydrogens (primary N) is 2. The van der Waals surface area contributed by atoms with Crippen LogP contribution in [0.5, 0.6) is 23.0 Å². The van der Waals surface area contributed by atoms with Gasteiger partial charge in [-0.05, 0) is 50.2 Å². The third-order valence-corrected chi connectivity index (χ3v) is 5.45. The molecule has 6 N–H and O–H groups in total. The first-order valence-corrected chi connectivity index (χ1v) is 12.9. The van der Waals surface area contributed by atoms with Crippen LogP contribution in [0.2, 0.25) is 10.0 Å². The summed E-state index contributed by atoms with van der Waals surface area (Å²) in [4.78, 5) is 31.2. The Bertz CT molecular complexity index is 1370. The Morgan fingerprint density at radius 2 is 1.10 bits per heavy atom. The number of nitrogens with zero attached hydrogens (tertiary/aromatic N) is 2. The summed E-state index contributed by atoms with van der Waals surface area (Å²) in [6.45, 7) is 4.83. The number of hydrogen-bond acceptors (Lipinski definition) is 8. The largest absolute Gasteiger partial charge is 0.454 e. The number of carbonyl (C=O) groups is 2. The highest BCUT2D eigenvalue weighted by molar-refractivity contribution is 6.30. The number of nitrogen functional groups attached to an aromatic ring is 2. The normalized spacial score (nSPS) is 10.1. The van der Waals surface area contributed by atoms with Crippen molar-refractivity contribution in [3.8, 4) is 23.0 Å². The number of rotatable bonds is 8. The maximum atomic E-state index is 11.7. The first-order chi connectivity index (χ1) is 19.2. The van der Waals surface area contributed by atoms with Crippen LogP contribution >= 0.6 is 23.2 Å². The summed E-state index contributed by atoms with van der Waals surface area (Å²) in [6, 6.07) is 13.0. The third-order valence-electron chi connectivity index (χ3n) is 5.03. The fourth-order valence-electron chi connectivity index (χ4n) is 3.24. The van der Waals surface area contributed by atoms with Crippen LogP contribution in [-0.2, 0) is 0 Å². The van der Waals surface area contributed by atoms with E-state index in [0.29, 0.717) is 68.6 Å². The molecule has 2 amide bonds. The van der Waals surface area contributed by atoms with Gasteiger partial charge in [0.05, 0.1) is 33.8 Å². The van der Waals surface area contributed by atoms with E-state index in [1.165, 1.54) is 24.8 Å². The number of nitrogens with one attached hydrogen (secondary N) is 2. The Kier molecular flexibility index (Phi) is 10.9. The second-order valence-corrected chi connectivity index (χ2v) is 8.98. The Morgan fingerprint density at radius 3 is 1.43 bits per heavy atom. The number of aromatic nitrogens is 2. The predicted octanol–water partition coefficient (Wildman–Crippen LogP) is 5.72. The Morgan fingerprint density at radius 1 is 0.700 bits per heavy atom. The average molecular weight is 583 g/mol. The zero-order valence-corrected chi connectivity index (χ0v) is 23.3. The molecule has 4 rings (SSSR count). The summed E-state index contributed by atoms with van der Waals surface area (Å²) >= 11 is 11.7. The molecule has 12 heteroatoms. The van der Waals surface area contributed by atoms with E-state index in [4.69, 9.17) is 44.1 Å². The van der Waals surface area contributed by atoms with E-state index in [1.54, 1.807) is 48.5 Å². The lowest BCUT2D eigenvalue weighted by atomic mass is 10.1. The van der Waals surface area contributed by atoms with Gasteiger partial charge in [-0.3, -0.25) is 19.6 Å². The zero-order valence-electron chi connectivity index (χ0n) is 21.8. The molecule has 0 fully saturated rings. The average Bonchev–Trinajstić information content (AvgIpc) is 2.92. The highest BCUT2D eigenvalue weighted by atomic mass is 35.5.